The molecule has 1 fully saturated rings. The highest BCUT2D eigenvalue weighted by molar-refractivity contribution is 7.89. The second-order valence-corrected chi connectivity index (χ2v) is 7.44. The number of benzene rings is 1. The summed E-state index contributed by atoms with van der Waals surface area (Å²) in [5.74, 6) is 0. The maximum Gasteiger partial charge on any atom is 0.240 e. The molecule has 1 saturated carbocycles. The van der Waals surface area contributed by atoms with Gasteiger partial charge in [-0.25, -0.2) is 13.1 Å². The number of rotatable bonds is 6. The number of sulfonamides is 1. The minimum atomic E-state index is -3.38. The van der Waals surface area contributed by atoms with Crippen LogP contribution in [0.4, 0.5) is 0 Å². The van der Waals surface area contributed by atoms with E-state index in [2.05, 4.69) is 11.6 Å². The lowest BCUT2D eigenvalue weighted by atomic mass is 9.71. The molecule has 4 nitrogen and oxygen atoms in total. The molecule has 1 aromatic rings. The van der Waals surface area contributed by atoms with Gasteiger partial charge in [0.1, 0.15) is 0 Å². The largest absolute Gasteiger partial charge is 0.330 e. The zero-order chi connectivity index (χ0) is 13.9. The lowest BCUT2D eigenvalue weighted by molar-refractivity contribution is 0.166. The van der Waals surface area contributed by atoms with E-state index in [1.807, 2.05) is 12.1 Å². The van der Waals surface area contributed by atoms with Crippen LogP contribution in [0.2, 0.25) is 0 Å². The summed E-state index contributed by atoms with van der Waals surface area (Å²) in [4.78, 5) is 0.330. The minimum Gasteiger partial charge on any atom is -0.330 e. The van der Waals surface area contributed by atoms with Crippen LogP contribution in [0.25, 0.3) is 0 Å². The summed E-state index contributed by atoms with van der Waals surface area (Å²) in [5.41, 5.74) is 6.68. The monoisotopic (exact) mass is 282 g/mol. The van der Waals surface area contributed by atoms with Crippen molar-refractivity contribution in [2.45, 2.75) is 37.5 Å². The van der Waals surface area contributed by atoms with Crippen molar-refractivity contribution in [3.8, 4) is 0 Å². The summed E-state index contributed by atoms with van der Waals surface area (Å²) in [6.07, 6.45) is 4.17. The molecule has 0 aromatic heterocycles. The summed E-state index contributed by atoms with van der Waals surface area (Å²) in [6, 6.07) is 6.95. The van der Waals surface area contributed by atoms with Crippen molar-refractivity contribution in [3.05, 3.63) is 29.8 Å². The van der Waals surface area contributed by atoms with E-state index in [1.54, 1.807) is 12.1 Å². The Morgan fingerprint density at radius 2 is 1.89 bits per heavy atom. The molecule has 0 spiro atoms. The molecule has 1 aromatic carbocycles. The Hall–Kier alpha value is -0.910. The molecular weight excluding hydrogens is 260 g/mol. The maximum atomic E-state index is 12.2. The molecule has 106 valence electrons. The predicted octanol–water partition coefficient (Wildman–Crippen LogP) is 1.66. The molecule has 0 saturated heterocycles. The number of nitrogens with two attached hydrogens (primary N) is 1. The smallest absolute Gasteiger partial charge is 0.240 e. The van der Waals surface area contributed by atoms with Crippen LogP contribution in [-0.4, -0.2) is 21.5 Å². The van der Waals surface area contributed by atoms with Gasteiger partial charge in [0, 0.05) is 6.54 Å². The molecule has 0 unspecified atom stereocenters. The maximum absolute atomic E-state index is 12.2. The molecule has 0 radical (unpaired) electrons. The standard InChI is InChI=1S/C14H22N2O2S/c1-14(8-2-9-14)11-16-19(17,18)13-5-3-12(4-6-13)7-10-15/h3-6,16H,2,7-11,15H2,1H3. The zero-order valence-corrected chi connectivity index (χ0v) is 12.2. The van der Waals surface area contributed by atoms with Crippen molar-refractivity contribution in [3.63, 3.8) is 0 Å². The molecule has 0 bridgehead atoms. The molecule has 19 heavy (non-hydrogen) atoms. The van der Waals surface area contributed by atoms with Gasteiger partial charge in [-0.3, -0.25) is 0 Å². The van der Waals surface area contributed by atoms with Crippen LogP contribution in [0.3, 0.4) is 0 Å². The van der Waals surface area contributed by atoms with Crippen LogP contribution in [0, 0.1) is 5.41 Å². The lowest BCUT2D eigenvalue weighted by Crippen LogP contribution is -2.39. The number of hydrogen-bond donors (Lipinski definition) is 2. The molecule has 3 N–H and O–H groups in total. The predicted molar refractivity (Wildman–Crippen MR) is 76.3 cm³/mol. The Labute approximate surface area is 115 Å². The van der Waals surface area contributed by atoms with Crippen LogP contribution in [0.1, 0.15) is 31.7 Å². The average Bonchev–Trinajstić information content (AvgIpc) is 2.35. The highest BCUT2D eigenvalue weighted by atomic mass is 32.2. The van der Waals surface area contributed by atoms with Gasteiger partial charge in [-0.2, -0.15) is 0 Å². The summed E-state index contributed by atoms with van der Waals surface area (Å²) in [5, 5.41) is 0. The van der Waals surface area contributed by atoms with Gasteiger partial charge < -0.3 is 5.73 Å². The molecule has 0 amide bonds. The first kappa shape index (κ1) is 14.5. The molecule has 2 rings (SSSR count). The van der Waals surface area contributed by atoms with E-state index >= 15 is 0 Å². The van der Waals surface area contributed by atoms with Crippen molar-refractivity contribution >= 4 is 10.0 Å². The van der Waals surface area contributed by atoms with Gasteiger partial charge in [0.05, 0.1) is 4.90 Å². The van der Waals surface area contributed by atoms with E-state index in [0.29, 0.717) is 18.0 Å². The summed E-state index contributed by atoms with van der Waals surface area (Å²) in [6.45, 7) is 3.23. The third kappa shape index (κ3) is 3.55. The second kappa shape index (κ2) is 5.61. The van der Waals surface area contributed by atoms with Crippen LogP contribution in [0.5, 0.6) is 0 Å². The van der Waals surface area contributed by atoms with E-state index < -0.39 is 10.0 Å². The van der Waals surface area contributed by atoms with E-state index in [9.17, 15) is 8.42 Å². The van der Waals surface area contributed by atoms with Gasteiger partial charge in [0.25, 0.3) is 0 Å². The topological polar surface area (TPSA) is 72.2 Å². The van der Waals surface area contributed by atoms with Gasteiger partial charge in [-0.15, -0.1) is 0 Å². The van der Waals surface area contributed by atoms with Gasteiger partial charge in [-0.05, 0) is 48.9 Å². The van der Waals surface area contributed by atoms with Crippen LogP contribution in [-0.2, 0) is 16.4 Å². The highest BCUT2D eigenvalue weighted by Crippen LogP contribution is 2.39. The van der Waals surface area contributed by atoms with Gasteiger partial charge in [0.15, 0.2) is 0 Å². The zero-order valence-electron chi connectivity index (χ0n) is 11.4. The Kier molecular flexibility index (Phi) is 4.28. The molecule has 1 aliphatic carbocycles. The molecule has 1 aliphatic rings. The fourth-order valence-corrected chi connectivity index (χ4v) is 3.51. The third-order valence-electron chi connectivity index (χ3n) is 3.92. The van der Waals surface area contributed by atoms with Crippen molar-refractivity contribution in [1.82, 2.24) is 4.72 Å². The fraction of sp³-hybridized carbons (Fsp3) is 0.571. The van der Waals surface area contributed by atoms with Gasteiger partial charge in [0.2, 0.25) is 10.0 Å². The number of hydrogen-bond acceptors (Lipinski definition) is 3. The summed E-state index contributed by atoms with van der Waals surface area (Å²) < 4.78 is 27.0. The first-order valence-electron chi connectivity index (χ1n) is 6.74. The molecule has 0 aliphatic heterocycles. The Bertz CT molecular complexity index is 519. The molecular formula is C14H22N2O2S. The Balaban J connectivity index is 2.02. The van der Waals surface area contributed by atoms with E-state index in [0.717, 1.165) is 24.8 Å². The van der Waals surface area contributed by atoms with Crippen molar-refractivity contribution in [2.75, 3.05) is 13.1 Å². The van der Waals surface area contributed by atoms with Crippen molar-refractivity contribution < 1.29 is 8.42 Å². The highest BCUT2D eigenvalue weighted by Gasteiger charge is 2.32. The van der Waals surface area contributed by atoms with E-state index in [1.165, 1.54) is 6.42 Å². The first-order valence-corrected chi connectivity index (χ1v) is 8.22. The van der Waals surface area contributed by atoms with Crippen molar-refractivity contribution in [1.29, 1.82) is 0 Å². The van der Waals surface area contributed by atoms with E-state index in [-0.39, 0.29) is 5.41 Å². The molecule has 5 heteroatoms. The second-order valence-electron chi connectivity index (χ2n) is 5.67. The number of nitrogens with one attached hydrogen (secondary N) is 1. The SMILES string of the molecule is CC1(CNS(=O)(=O)c2ccc(CCN)cc2)CCC1. The van der Waals surface area contributed by atoms with Crippen molar-refractivity contribution in [2.24, 2.45) is 11.1 Å². The molecule has 0 heterocycles. The fourth-order valence-electron chi connectivity index (χ4n) is 2.31. The minimum absolute atomic E-state index is 0.145. The van der Waals surface area contributed by atoms with Crippen LogP contribution in [0.15, 0.2) is 29.2 Å². The lowest BCUT2D eigenvalue weighted by Gasteiger charge is -2.38. The van der Waals surface area contributed by atoms with Crippen LogP contribution >= 0.6 is 0 Å². The third-order valence-corrected chi connectivity index (χ3v) is 5.33. The van der Waals surface area contributed by atoms with Gasteiger partial charge in [-0.1, -0.05) is 25.5 Å². The average molecular weight is 282 g/mol. The first-order chi connectivity index (χ1) is 8.95. The quantitative estimate of drug-likeness (QED) is 0.833. The summed E-state index contributed by atoms with van der Waals surface area (Å²) in [7, 11) is -3.38. The Morgan fingerprint density at radius 1 is 1.26 bits per heavy atom. The van der Waals surface area contributed by atoms with Crippen LogP contribution < -0.4 is 10.5 Å². The molecule has 0 atom stereocenters. The van der Waals surface area contributed by atoms with Gasteiger partial charge >= 0.3 is 0 Å². The normalized spacial score (nSPS) is 18.0. The summed E-state index contributed by atoms with van der Waals surface area (Å²) >= 11 is 0. The Morgan fingerprint density at radius 3 is 2.37 bits per heavy atom. The van der Waals surface area contributed by atoms with E-state index in [4.69, 9.17) is 5.73 Å².